The molecule has 2 nitrogen and oxygen atoms in total. The zero-order chi connectivity index (χ0) is 17.7. The van der Waals surface area contributed by atoms with Crippen molar-refractivity contribution < 1.29 is 9.59 Å². The number of allylic oxidation sites excluding steroid dienone is 1. The van der Waals surface area contributed by atoms with Gasteiger partial charge in [-0.15, -0.1) is 0 Å². The summed E-state index contributed by atoms with van der Waals surface area (Å²) in [6.45, 7) is 0. The molecule has 1 unspecified atom stereocenters. The summed E-state index contributed by atoms with van der Waals surface area (Å²) in [5.74, 6) is -0.0598. The SMILES string of the molecule is O=C1c2cc(Br)c3c4c2-c2c(cc(Br)c5cccc1c25)CC4C(=O)C=C3. The van der Waals surface area contributed by atoms with E-state index in [1.165, 1.54) is 0 Å². The van der Waals surface area contributed by atoms with Gasteiger partial charge in [0.2, 0.25) is 0 Å². The van der Waals surface area contributed by atoms with Crippen LogP contribution in [0.4, 0.5) is 0 Å². The number of ketones is 2. The zero-order valence-corrected chi connectivity index (χ0v) is 16.6. The van der Waals surface area contributed by atoms with Gasteiger partial charge in [0.25, 0.3) is 0 Å². The molecule has 0 heterocycles. The molecule has 0 aromatic heterocycles. The average molecular weight is 466 g/mol. The van der Waals surface area contributed by atoms with Crippen LogP contribution in [0, 0.1) is 0 Å². The minimum Gasteiger partial charge on any atom is -0.294 e. The fourth-order valence-corrected chi connectivity index (χ4v) is 5.96. The van der Waals surface area contributed by atoms with Gasteiger partial charge in [0, 0.05) is 25.5 Å². The lowest BCUT2D eigenvalue weighted by Gasteiger charge is -2.35. The smallest absolute Gasteiger partial charge is 0.194 e. The van der Waals surface area contributed by atoms with Crippen molar-refractivity contribution in [2.75, 3.05) is 0 Å². The van der Waals surface area contributed by atoms with E-state index in [2.05, 4.69) is 37.9 Å². The third kappa shape index (κ3) is 1.63. The molecule has 0 aliphatic heterocycles. The zero-order valence-electron chi connectivity index (χ0n) is 13.4. The predicted octanol–water partition coefficient (Wildman–Crippen LogP) is 5.81. The van der Waals surface area contributed by atoms with Crippen molar-refractivity contribution in [1.82, 2.24) is 0 Å². The van der Waals surface area contributed by atoms with Crippen LogP contribution < -0.4 is 0 Å². The first-order chi connectivity index (χ1) is 12.6. The highest BCUT2D eigenvalue weighted by Crippen LogP contribution is 2.54. The van der Waals surface area contributed by atoms with Crippen LogP contribution in [-0.4, -0.2) is 11.6 Å². The molecule has 3 aliphatic carbocycles. The lowest BCUT2D eigenvalue weighted by Crippen LogP contribution is -2.26. The van der Waals surface area contributed by atoms with E-state index in [1.807, 2.05) is 30.3 Å². The van der Waals surface area contributed by atoms with Crippen LogP contribution in [0.25, 0.3) is 28.0 Å². The standard InChI is InChI=1S/C22H10Br2O2/c23-15-7-9-6-13-17(25)5-4-11-16(24)8-14-21(20(11)13)18(9)19-10(15)2-1-3-12(19)22(14)26/h1-5,7-8,13H,6H2. The van der Waals surface area contributed by atoms with Gasteiger partial charge in [-0.3, -0.25) is 9.59 Å². The first-order valence-electron chi connectivity index (χ1n) is 8.43. The maximum Gasteiger partial charge on any atom is 0.194 e. The molecule has 3 aromatic rings. The Labute approximate surface area is 166 Å². The van der Waals surface area contributed by atoms with Crippen LogP contribution in [0.2, 0.25) is 0 Å². The van der Waals surface area contributed by atoms with E-state index in [9.17, 15) is 9.59 Å². The number of benzene rings is 3. The molecule has 4 heteroatoms. The van der Waals surface area contributed by atoms with Crippen molar-refractivity contribution in [3.05, 3.63) is 73.2 Å². The second-order valence-corrected chi connectivity index (χ2v) is 8.76. The Morgan fingerprint density at radius 2 is 1.77 bits per heavy atom. The Bertz CT molecular complexity index is 1270. The molecule has 3 aromatic carbocycles. The molecule has 1 atom stereocenters. The van der Waals surface area contributed by atoms with Crippen molar-refractivity contribution in [2.45, 2.75) is 12.3 Å². The van der Waals surface area contributed by atoms with Gasteiger partial charge in [-0.25, -0.2) is 0 Å². The molecule has 26 heavy (non-hydrogen) atoms. The number of hydrogen-bond acceptors (Lipinski definition) is 2. The van der Waals surface area contributed by atoms with Gasteiger partial charge >= 0.3 is 0 Å². The van der Waals surface area contributed by atoms with Crippen molar-refractivity contribution in [3.63, 3.8) is 0 Å². The molecule has 0 N–H and O–H groups in total. The largest absolute Gasteiger partial charge is 0.294 e. The Kier molecular flexibility index (Phi) is 2.79. The van der Waals surface area contributed by atoms with Crippen molar-refractivity contribution in [2.24, 2.45) is 0 Å². The number of carbonyl (C=O) groups is 2. The monoisotopic (exact) mass is 464 g/mol. The van der Waals surface area contributed by atoms with E-state index in [0.717, 1.165) is 53.1 Å². The molecule has 3 aliphatic rings. The van der Waals surface area contributed by atoms with Crippen LogP contribution in [0.5, 0.6) is 0 Å². The van der Waals surface area contributed by atoms with E-state index in [-0.39, 0.29) is 17.5 Å². The molecular weight excluding hydrogens is 456 g/mol. The highest BCUT2D eigenvalue weighted by atomic mass is 79.9. The lowest BCUT2D eigenvalue weighted by molar-refractivity contribution is -0.116. The minimum atomic E-state index is -0.212. The quantitative estimate of drug-likeness (QED) is 0.328. The average Bonchev–Trinajstić information content (AvgIpc) is 2.64. The summed E-state index contributed by atoms with van der Waals surface area (Å²) in [6, 6.07) is 9.93. The van der Waals surface area contributed by atoms with E-state index < -0.39 is 0 Å². The second-order valence-electron chi connectivity index (χ2n) is 7.05. The highest BCUT2D eigenvalue weighted by Gasteiger charge is 2.40. The summed E-state index contributed by atoms with van der Waals surface area (Å²) in [5, 5.41) is 2.06. The number of halogens is 2. The normalized spacial score (nSPS) is 18.6. The summed E-state index contributed by atoms with van der Waals surface area (Å²) in [4.78, 5) is 26.0. The molecule has 124 valence electrons. The summed E-state index contributed by atoms with van der Waals surface area (Å²) in [7, 11) is 0. The van der Waals surface area contributed by atoms with Crippen LogP contribution in [0.3, 0.4) is 0 Å². The molecule has 0 radical (unpaired) electrons. The third-order valence-electron chi connectivity index (χ3n) is 5.82. The Morgan fingerprint density at radius 3 is 2.62 bits per heavy atom. The van der Waals surface area contributed by atoms with Crippen molar-refractivity contribution >= 4 is 60.3 Å². The summed E-state index contributed by atoms with van der Waals surface area (Å²) in [6.07, 6.45) is 4.22. The van der Waals surface area contributed by atoms with Gasteiger partial charge in [0.05, 0.1) is 5.92 Å². The van der Waals surface area contributed by atoms with Crippen molar-refractivity contribution in [1.29, 1.82) is 0 Å². The van der Waals surface area contributed by atoms with Gasteiger partial charge in [-0.1, -0.05) is 50.1 Å². The van der Waals surface area contributed by atoms with Crippen LogP contribution in [0.15, 0.2) is 45.4 Å². The Hall–Kier alpha value is -2.04. The fourth-order valence-electron chi connectivity index (χ4n) is 4.78. The number of hydrogen-bond donors (Lipinski definition) is 0. The van der Waals surface area contributed by atoms with Gasteiger partial charge in [-0.05, 0) is 63.9 Å². The third-order valence-corrected chi connectivity index (χ3v) is 7.13. The maximum atomic E-state index is 13.3. The van der Waals surface area contributed by atoms with Gasteiger partial charge in [-0.2, -0.15) is 0 Å². The van der Waals surface area contributed by atoms with Crippen LogP contribution >= 0.6 is 31.9 Å². The van der Waals surface area contributed by atoms with E-state index in [1.54, 1.807) is 6.08 Å². The molecular formula is C22H10Br2O2. The van der Waals surface area contributed by atoms with Crippen molar-refractivity contribution in [3.8, 4) is 11.1 Å². The Balaban J connectivity index is 1.92. The molecule has 0 spiro atoms. The fraction of sp³-hybridized carbons (Fsp3) is 0.0909. The number of rotatable bonds is 0. The van der Waals surface area contributed by atoms with Gasteiger partial charge in [0.15, 0.2) is 11.6 Å². The topological polar surface area (TPSA) is 34.1 Å². The molecule has 0 fully saturated rings. The van der Waals surface area contributed by atoms with E-state index in [0.29, 0.717) is 12.0 Å². The molecule has 0 amide bonds. The van der Waals surface area contributed by atoms with Gasteiger partial charge in [0.1, 0.15) is 0 Å². The molecule has 6 rings (SSSR count). The molecule has 0 bridgehead atoms. The Morgan fingerprint density at radius 1 is 0.923 bits per heavy atom. The van der Waals surface area contributed by atoms with Crippen LogP contribution in [0.1, 0.15) is 38.5 Å². The minimum absolute atomic E-state index is 0.0355. The summed E-state index contributed by atoms with van der Waals surface area (Å²) < 4.78 is 1.86. The first kappa shape index (κ1) is 15.1. The second kappa shape index (κ2) is 4.81. The molecule has 0 saturated heterocycles. The lowest BCUT2D eigenvalue weighted by atomic mass is 9.67. The number of carbonyl (C=O) groups excluding carboxylic acids is 2. The predicted molar refractivity (Wildman–Crippen MR) is 109 cm³/mol. The van der Waals surface area contributed by atoms with Crippen LogP contribution in [-0.2, 0) is 11.2 Å². The summed E-state index contributed by atoms with van der Waals surface area (Å²) in [5.41, 5.74) is 6.73. The maximum absolute atomic E-state index is 13.3. The van der Waals surface area contributed by atoms with Gasteiger partial charge < -0.3 is 0 Å². The highest BCUT2D eigenvalue weighted by molar-refractivity contribution is 9.11. The van der Waals surface area contributed by atoms with E-state index in [4.69, 9.17) is 0 Å². The van der Waals surface area contributed by atoms with E-state index >= 15 is 0 Å². The summed E-state index contributed by atoms with van der Waals surface area (Å²) >= 11 is 7.29. The first-order valence-corrected chi connectivity index (χ1v) is 10.0. The molecule has 0 saturated carbocycles.